The molecule has 1 amide bonds. The standard InChI is InChI=1S/C16H25N3OS/c1-18-10-12-19(13-11-18)9-8-17-16(20)7-14-21-15-5-3-2-4-6-15/h2-6H,7-14H2,1H3,(H,17,20). The summed E-state index contributed by atoms with van der Waals surface area (Å²) >= 11 is 1.73. The number of benzene rings is 1. The average molecular weight is 307 g/mol. The minimum atomic E-state index is 0.160. The van der Waals surface area contributed by atoms with Gasteiger partial charge in [0.2, 0.25) is 5.91 Å². The van der Waals surface area contributed by atoms with Crippen LogP contribution in [0.5, 0.6) is 0 Å². The van der Waals surface area contributed by atoms with E-state index in [1.54, 1.807) is 11.8 Å². The summed E-state index contributed by atoms with van der Waals surface area (Å²) in [6, 6.07) is 10.2. The molecular formula is C16H25N3OS. The molecule has 5 heteroatoms. The lowest BCUT2D eigenvalue weighted by molar-refractivity contribution is -0.120. The maximum absolute atomic E-state index is 11.8. The summed E-state index contributed by atoms with van der Waals surface area (Å²) < 4.78 is 0. The molecule has 1 N–H and O–H groups in total. The first-order chi connectivity index (χ1) is 10.2. The van der Waals surface area contributed by atoms with Gasteiger partial charge >= 0.3 is 0 Å². The zero-order valence-corrected chi connectivity index (χ0v) is 13.6. The van der Waals surface area contributed by atoms with Crippen molar-refractivity contribution in [3.8, 4) is 0 Å². The van der Waals surface area contributed by atoms with Gasteiger partial charge in [0.15, 0.2) is 0 Å². The Balaban J connectivity index is 1.52. The summed E-state index contributed by atoms with van der Waals surface area (Å²) in [4.78, 5) is 17.8. The highest BCUT2D eigenvalue weighted by Gasteiger charge is 2.13. The molecule has 1 aromatic carbocycles. The molecule has 1 aromatic rings. The van der Waals surface area contributed by atoms with Gasteiger partial charge in [-0.05, 0) is 19.2 Å². The Labute approximate surface area is 131 Å². The Morgan fingerprint density at radius 2 is 1.90 bits per heavy atom. The van der Waals surface area contributed by atoms with Gasteiger partial charge in [-0.1, -0.05) is 18.2 Å². The van der Waals surface area contributed by atoms with Crippen molar-refractivity contribution in [1.82, 2.24) is 15.1 Å². The molecule has 1 saturated heterocycles. The average Bonchev–Trinajstić information content (AvgIpc) is 2.50. The highest BCUT2D eigenvalue weighted by molar-refractivity contribution is 7.99. The SMILES string of the molecule is CN1CCN(CCNC(=O)CCSc2ccccc2)CC1. The zero-order chi connectivity index (χ0) is 14.9. The number of nitrogens with zero attached hydrogens (tertiary/aromatic N) is 2. The minimum Gasteiger partial charge on any atom is -0.355 e. The summed E-state index contributed by atoms with van der Waals surface area (Å²) in [5, 5.41) is 3.02. The van der Waals surface area contributed by atoms with E-state index in [0.717, 1.165) is 45.0 Å². The van der Waals surface area contributed by atoms with Gasteiger partial charge in [0, 0.05) is 56.3 Å². The van der Waals surface area contributed by atoms with E-state index in [2.05, 4.69) is 34.3 Å². The van der Waals surface area contributed by atoms with Crippen molar-refractivity contribution in [2.24, 2.45) is 0 Å². The highest BCUT2D eigenvalue weighted by atomic mass is 32.2. The van der Waals surface area contributed by atoms with Crippen molar-refractivity contribution in [3.63, 3.8) is 0 Å². The summed E-state index contributed by atoms with van der Waals surface area (Å²) in [5.74, 6) is 0.997. The van der Waals surface area contributed by atoms with E-state index in [1.807, 2.05) is 18.2 Å². The molecule has 1 fully saturated rings. The predicted octanol–water partition coefficient (Wildman–Crippen LogP) is 1.53. The molecule has 21 heavy (non-hydrogen) atoms. The van der Waals surface area contributed by atoms with Gasteiger partial charge in [-0.25, -0.2) is 0 Å². The molecule has 116 valence electrons. The lowest BCUT2D eigenvalue weighted by Gasteiger charge is -2.32. The van der Waals surface area contributed by atoms with E-state index >= 15 is 0 Å². The molecular weight excluding hydrogens is 282 g/mol. The van der Waals surface area contributed by atoms with Gasteiger partial charge in [0.05, 0.1) is 0 Å². The molecule has 4 nitrogen and oxygen atoms in total. The van der Waals surface area contributed by atoms with E-state index in [4.69, 9.17) is 0 Å². The maximum Gasteiger partial charge on any atom is 0.220 e. The van der Waals surface area contributed by atoms with Crippen LogP contribution in [-0.4, -0.2) is 67.8 Å². The smallest absolute Gasteiger partial charge is 0.220 e. The fraction of sp³-hybridized carbons (Fsp3) is 0.562. The number of rotatable bonds is 7. The van der Waals surface area contributed by atoms with E-state index in [-0.39, 0.29) is 5.91 Å². The number of likely N-dealkylation sites (N-methyl/N-ethyl adjacent to an activating group) is 1. The van der Waals surface area contributed by atoms with Crippen LogP contribution >= 0.6 is 11.8 Å². The number of hydrogen-bond acceptors (Lipinski definition) is 4. The quantitative estimate of drug-likeness (QED) is 0.775. The second-order valence-electron chi connectivity index (χ2n) is 5.41. The largest absolute Gasteiger partial charge is 0.355 e. The Kier molecular flexibility index (Phi) is 7.06. The van der Waals surface area contributed by atoms with Crippen LogP contribution in [0.25, 0.3) is 0 Å². The van der Waals surface area contributed by atoms with Crippen molar-refractivity contribution in [3.05, 3.63) is 30.3 Å². The third-order valence-corrected chi connectivity index (χ3v) is 4.70. The van der Waals surface area contributed by atoms with E-state index in [0.29, 0.717) is 6.42 Å². The molecule has 0 saturated carbocycles. The zero-order valence-electron chi connectivity index (χ0n) is 12.8. The molecule has 0 aromatic heterocycles. The lowest BCUT2D eigenvalue weighted by Crippen LogP contribution is -2.46. The van der Waals surface area contributed by atoms with Crippen LogP contribution in [-0.2, 0) is 4.79 Å². The molecule has 0 spiro atoms. The molecule has 1 heterocycles. The van der Waals surface area contributed by atoms with Gasteiger partial charge < -0.3 is 10.2 Å². The normalized spacial score (nSPS) is 16.8. The number of amides is 1. The van der Waals surface area contributed by atoms with E-state index in [1.165, 1.54) is 4.90 Å². The Hall–Kier alpha value is -1.04. The molecule has 2 rings (SSSR count). The molecule has 0 radical (unpaired) electrons. The predicted molar refractivity (Wildman–Crippen MR) is 88.7 cm³/mol. The minimum absolute atomic E-state index is 0.160. The third-order valence-electron chi connectivity index (χ3n) is 3.69. The lowest BCUT2D eigenvalue weighted by atomic mass is 10.3. The van der Waals surface area contributed by atoms with Crippen molar-refractivity contribution in [2.75, 3.05) is 52.1 Å². The number of nitrogens with one attached hydrogen (secondary N) is 1. The first kappa shape index (κ1) is 16.3. The van der Waals surface area contributed by atoms with Crippen LogP contribution in [0, 0.1) is 0 Å². The molecule has 1 aliphatic rings. The number of piperazine rings is 1. The number of carbonyl (C=O) groups is 1. The molecule has 0 atom stereocenters. The van der Waals surface area contributed by atoms with Crippen LogP contribution in [0.15, 0.2) is 35.2 Å². The van der Waals surface area contributed by atoms with Crippen LogP contribution in [0.4, 0.5) is 0 Å². The molecule has 1 aliphatic heterocycles. The molecule has 0 aliphatic carbocycles. The van der Waals surface area contributed by atoms with Gasteiger partial charge in [-0.15, -0.1) is 11.8 Å². The van der Waals surface area contributed by atoms with Gasteiger partial charge in [-0.3, -0.25) is 9.69 Å². The van der Waals surface area contributed by atoms with Gasteiger partial charge in [0.1, 0.15) is 0 Å². The highest BCUT2D eigenvalue weighted by Crippen LogP contribution is 2.17. The Bertz CT molecular complexity index is 419. The topological polar surface area (TPSA) is 35.6 Å². The van der Waals surface area contributed by atoms with Crippen molar-refractivity contribution in [1.29, 1.82) is 0 Å². The fourth-order valence-electron chi connectivity index (χ4n) is 2.29. The summed E-state index contributed by atoms with van der Waals surface area (Å²) in [6.45, 7) is 6.19. The van der Waals surface area contributed by atoms with Crippen LogP contribution < -0.4 is 5.32 Å². The molecule has 0 bridgehead atoms. The Morgan fingerprint density at radius 3 is 2.62 bits per heavy atom. The fourth-order valence-corrected chi connectivity index (χ4v) is 3.16. The first-order valence-corrected chi connectivity index (χ1v) is 8.58. The molecule has 0 unspecified atom stereocenters. The second kappa shape index (κ2) is 9.07. The van der Waals surface area contributed by atoms with Crippen molar-refractivity contribution < 1.29 is 4.79 Å². The monoisotopic (exact) mass is 307 g/mol. The summed E-state index contributed by atoms with van der Waals surface area (Å²) in [5.41, 5.74) is 0. The second-order valence-corrected chi connectivity index (χ2v) is 6.57. The Morgan fingerprint density at radius 1 is 1.19 bits per heavy atom. The maximum atomic E-state index is 11.8. The van der Waals surface area contributed by atoms with Gasteiger partial charge in [0.25, 0.3) is 0 Å². The van der Waals surface area contributed by atoms with Crippen molar-refractivity contribution in [2.45, 2.75) is 11.3 Å². The summed E-state index contributed by atoms with van der Waals surface area (Å²) in [6.07, 6.45) is 0.586. The van der Waals surface area contributed by atoms with Crippen LogP contribution in [0.3, 0.4) is 0 Å². The van der Waals surface area contributed by atoms with E-state index < -0.39 is 0 Å². The van der Waals surface area contributed by atoms with Crippen LogP contribution in [0.1, 0.15) is 6.42 Å². The van der Waals surface area contributed by atoms with Crippen LogP contribution in [0.2, 0.25) is 0 Å². The van der Waals surface area contributed by atoms with E-state index in [9.17, 15) is 4.79 Å². The number of hydrogen-bond donors (Lipinski definition) is 1. The number of carbonyl (C=O) groups excluding carboxylic acids is 1. The van der Waals surface area contributed by atoms with Crippen molar-refractivity contribution >= 4 is 17.7 Å². The van der Waals surface area contributed by atoms with Gasteiger partial charge in [-0.2, -0.15) is 0 Å². The number of thioether (sulfide) groups is 1. The third kappa shape index (κ3) is 6.50. The first-order valence-electron chi connectivity index (χ1n) is 7.59. The summed E-state index contributed by atoms with van der Waals surface area (Å²) in [7, 11) is 2.16.